The van der Waals surface area contributed by atoms with Crippen LogP contribution in [0.25, 0.3) is 0 Å². The normalized spacial score (nSPS) is 18.7. The Kier molecular flexibility index (Phi) is 8.79. The van der Waals surface area contributed by atoms with Crippen molar-refractivity contribution < 1.29 is 9.53 Å². The van der Waals surface area contributed by atoms with Crippen molar-refractivity contribution in [1.82, 2.24) is 5.32 Å². The highest BCUT2D eigenvalue weighted by Crippen LogP contribution is 2.30. The van der Waals surface area contributed by atoms with Gasteiger partial charge in [-0.2, -0.15) is 0 Å². The van der Waals surface area contributed by atoms with E-state index in [2.05, 4.69) is 41.7 Å². The maximum absolute atomic E-state index is 12.3. The minimum Gasteiger partial charge on any atom is -0.372 e. The lowest BCUT2D eigenvalue weighted by molar-refractivity contribution is -0.126. The largest absolute Gasteiger partial charge is 0.372 e. The average molecular weight is 389 g/mol. The van der Waals surface area contributed by atoms with Crippen molar-refractivity contribution in [2.24, 2.45) is 17.6 Å². The van der Waals surface area contributed by atoms with Gasteiger partial charge in [0.25, 0.3) is 0 Å². The van der Waals surface area contributed by atoms with Gasteiger partial charge in [0, 0.05) is 12.5 Å². The van der Waals surface area contributed by atoms with Crippen molar-refractivity contribution in [3.05, 3.63) is 71.3 Å². The van der Waals surface area contributed by atoms with Gasteiger partial charge >= 0.3 is 0 Å². The van der Waals surface area contributed by atoms with E-state index in [1.54, 1.807) is 0 Å². The summed E-state index contributed by atoms with van der Waals surface area (Å²) in [5, 5.41) is 3.06. The SMILES string of the molecule is Cl.NC[C@H]1CCC[C@H]1C(=O)NCc1ccc(COCc2ccccc2)cc1. The zero-order chi connectivity index (χ0) is 18.2. The Hall–Kier alpha value is -1.88. The molecule has 0 heterocycles. The Balaban J connectivity index is 0.00000261. The van der Waals surface area contributed by atoms with Crippen LogP contribution < -0.4 is 11.1 Å². The first kappa shape index (κ1) is 21.4. The molecular weight excluding hydrogens is 360 g/mol. The molecule has 27 heavy (non-hydrogen) atoms. The van der Waals surface area contributed by atoms with E-state index in [4.69, 9.17) is 10.5 Å². The van der Waals surface area contributed by atoms with Crippen LogP contribution in [-0.2, 0) is 29.3 Å². The molecule has 0 aromatic heterocycles. The number of nitrogens with one attached hydrogen (secondary N) is 1. The molecule has 4 nitrogen and oxygen atoms in total. The molecule has 2 aromatic rings. The number of carbonyl (C=O) groups excluding carboxylic acids is 1. The van der Waals surface area contributed by atoms with Gasteiger partial charge in [-0.3, -0.25) is 4.79 Å². The van der Waals surface area contributed by atoms with Gasteiger partial charge in [-0.25, -0.2) is 0 Å². The Morgan fingerprint density at radius 1 is 0.963 bits per heavy atom. The fourth-order valence-electron chi connectivity index (χ4n) is 3.60. The molecule has 1 amide bonds. The van der Waals surface area contributed by atoms with E-state index in [1.807, 2.05) is 18.2 Å². The third-order valence-electron chi connectivity index (χ3n) is 5.17. The highest BCUT2D eigenvalue weighted by molar-refractivity contribution is 5.85. The first-order valence-corrected chi connectivity index (χ1v) is 9.43. The number of nitrogens with two attached hydrogens (primary N) is 1. The lowest BCUT2D eigenvalue weighted by Crippen LogP contribution is -2.34. The summed E-state index contributed by atoms with van der Waals surface area (Å²) in [7, 11) is 0. The van der Waals surface area contributed by atoms with Crippen molar-refractivity contribution >= 4 is 18.3 Å². The number of benzene rings is 2. The van der Waals surface area contributed by atoms with Crippen LogP contribution in [0.5, 0.6) is 0 Å². The number of rotatable bonds is 8. The monoisotopic (exact) mass is 388 g/mol. The van der Waals surface area contributed by atoms with Crippen molar-refractivity contribution in [3.63, 3.8) is 0 Å². The standard InChI is InChI=1S/C22H28N2O2.ClH/c23-13-20-7-4-8-21(20)22(25)24-14-17-9-11-19(12-10-17)16-26-15-18-5-2-1-3-6-18;/h1-3,5-6,9-12,20-21H,4,7-8,13-16,23H2,(H,24,25);1H/t20-,21-;/m1./s1. The summed E-state index contributed by atoms with van der Waals surface area (Å²) in [4.78, 5) is 12.3. The number of amides is 1. The Morgan fingerprint density at radius 2 is 1.59 bits per heavy atom. The average Bonchev–Trinajstić information content (AvgIpc) is 3.17. The molecule has 2 aromatic carbocycles. The van der Waals surface area contributed by atoms with Gasteiger partial charge in [-0.15, -0.1) is 12.4 Å². The fourth-order valence-corrected chi connectivity index (χ4v) is 3.60. The molecule has 1 saturated carbocycles. The van der Waals surface area contributed by atoms with E-state index in [1.165, 1.54) is 5.56 Å². The molecule has 2 atom stereocenters. The Morgan fingerprint density at radius 3 is 2.26 bits per heavy atom. The molecule has 1 aliphatic carbocycles. The first-order valence-electron chi connectivity index (χ1n) is 9.43. The highest BCUT2D eigenvalue weighted by atomic mass is 35.5. The minimum atomic E-state index is 0. The summed E-state index contributed by atoms with van der Waals surface area (Å²) in [5.74, 6) is 0.582. The topological polar surface area (TPSA) is 64.4 Å². The van der Waals surface area contributed by atoms with Crippen LogP contribution in [0.15, 0.2) is 54.6 Å². The highest BCUT2D eigenvalue weighted by Gasteiger charge is 2.31. The molecule has 0 aliphatic heterocycles. The van der Waals surface area contributed by atoms with Crippen LogP contribution in [0.2, 0.25) is 0 Å². The molecule has 0 radical (unpaired) electrons. The third-order valence-corrected chi connectivity index (χ3v) is 5.17. The molecule has 0 saturated heterocycles. The number of carbonyl (C=O) groups is 1. The summed E-state index contributed by atoms with van der Waals surface area (Å²) in [6, 6.07) is 18.4. The first-order chi connectivity index (χ1) is 12.8. The predicted octanol–water partition coefficient (Wildman–Crippen LogP) is 3.82. The van der Waals surface area contributed by atoms with E-state index in [0.717, 1.165) is 30.4 Å². The van der Waals surface area contributed by atoms with Gasteiger partial charge in [0.05, 0.1) is 13.2 Å². The maximum atomic E-state index is 12.3. The van der Waals surface area contributed by atoms with Crippen LogP contribution in [-0.4, -0.2) is 12.5 Å². The zero-order valence-electron chi connectivity index (χ0n) is 15.6. The molecule has 0 unspecified atom stereocenters. The summed E-state index contributed by atoms with van der Waals surface area (Å²) < 4.78 is 5.75. The van der Waals surface area contributed by atoms with Crippen molar-refractivity contribution in [1.29, 1.82) is 0 Å². The van der Waals surface area contributed by atoms with E-state index in [0.29, 0.717) is 32.2 Å². The fraction of sp³-hybridized carbons (Fsp3) is 0.409. The smallest absolute Gasteiger partial charge is 0.223 e. The molecule has 0 bridgehead atoms. The molecule has 1 aliphatic rings. The van der Waals surface area contributed by atoms with Crippen molar-refractivity contribution in [3.8, 4) is 0 Å². The summed E-state index contributed by atoms with van der Waals surface area (Å²) in [6.07, 6.45) is 3.15. The second-order valence-electron chi connectivity index (χ2n) is 7.05. The van der Waals surface area contributed by atoms with Gasteiger partial charge in [0.15, 0.2) is 0 Å². The van der Waals surface area contributed by atoms with E-state index in [-0.39, 0.29) is 24.2 Å². The number of hydrogen-bond donors (Lipinski definition) is 2. The Labute approximate surface area is 167 Å². The lowest BCUT2D eigenvalue weighted by Gasteiger charge is -2.17. The zero-order valence-corrected chi connectivity index (χ0v) is 16.4. The molecular formula is C22H29ClN2O2. The van der Waals surface area contributed by atoms with Crippen LogP contribution in [0, 0.1) is 11.8 Å². The second-order valence-corrected chi connectivity index (χ2v) is 7.05. The van der Waals surface area contributed by atoms with E-state index < -0.39 is 0 Å². The van der Waals surface area contributed by atoms with Gasteiger partial charge in [-0.1, -0.05) is 61.0 Å². The van der Waals surface area contributed by atoms with E-state index in [9.17, 15) is 4.79 Å². The van der Waals surface area contributed by atoms with Crippen LogP contribution in [0.4, 0.5) is 0 Å². The van der Waals surface area contributed by atoms with Gasteiger partial charge in [0.1, 0.15) is 0 Å². The van der Waals surface area contributed by atoms with Gasteiger partial charge in [-0.05, 0) is 42.0 Å². The van der Waals surface area contributed by atoms with Gasteiger partial charge < -0.3 is 15.8 Å². The van der Waals surface area contributed by atoms with Crippen molar-refractivity contribution in [2.75, 3.05) is 6.54 Å². The maximum Gasteiger partial charge on any atom is 0.223 e. The predicted molar refractivity (Wildman–Crippen MR) is 110 cm³/mol. The molecule has 5 heteroatoms. The van der Waals surface area contributed by atoms with E-state index >= 15 is 0 Å². The molecule has 3 rings (SSSR count). The Bertz CT molecular complexity index is 691. The summed E-state index contributed by atoms with van der Waals surface area (Å²) in [5.41, 5.74) is 9.18. The molecule has 1 fully saturated rings. The number of halogens is 1. The van der Waals surface area contributed by atoms with Crippen LogP contribution >= 0.6 is 12.4 Å². The van der Waals surface area contributed by atoms with Crippen LogP contribution in [0.3, 0.4) is 0 Å². The minimum absolute atomic E-state index is 0. The second kappa shape index (κ2) is 11.1. The number of ether oxygens (including phenoxy) is 1. The van der Waals surface area contributed by atoms with Crippen LogP contribution in [0.1, 0.15) is 36.0 Å². The number of hydrogen-bond acceptors (Lipinski definition) is 3. The molecule has 3 N–H and O–H groups in total. The molecule has 0 spiro atoms. The van der Waals surface area contributed by atoms with Gasteiger partial charge in [0.2, 0.25) is 5.91 Å². The summed E-state index contributed by atoms with van der Waals surface area (Å²) in [6.45, 7) is 2.37. The van der Waals surface area contributed by atoms with Crippen molar-refractivity contribution in [2.45, 2.75) is 39.0 Å². The summed E-state index contributed by atoms with van der Waals surface area (Å²) >= 11 is 0. The lowest BCUT2D eigenvalue weighted by atomic mass is 9.95. The molecule has 146 valence electrons. The third kappa shape index (κ3) is 6.35. The quantitative estimate of drug-likeness (QED) is 0.722.